The van der Waals surface area contributed by atoms with Crippen LogP contribution in [0.1, 0.15) is 24.1 Å². The molecule has 2 heterocycles. The Morgan fingerprint density at radius 1 is 1.47 bits per heavy atom. The van der Waals surface area contributed by atoms with Crippen molar-refractivity contribution in [3.8, 4) is 11.5 Å². The van der Waals surface area contributed by atoms with E-state index in [0.717, 1.165) is 17.0 Å². The molecule has 98 valence electrons. The number of nitrogens with one attached hydrogen (secondary N) is 2. The predicted molar refractivity (Wildman–Crippen MR) is 72.7 cm³/mol. The lowest BCUT2D eigenvalue weighted by Crippen LogP contribution is -2.19. The molecule has 0 spiro atoms. The Morgan fingerprint density at radius 3 is 3.05 bits per heavy atom. The number of pyridine rings is 1. The average Bonchev–Trinajstić information content (AvgIpc) is 3.20. The number of rotatable bonds is 4. The van der Waals surface area contributed by atoms with Gasteiger partial charge >= 0.3 is 0 Å². The lowest BCUT2D eigenvalue weighted by molar-refractivity contribution is 0.672. The van der Waals surface area contributed by atoms with E-state index in [0.29, 0.717) is 18.4 Å². The summed E-state index contributed by atoms with van der Waals surface area (Å²) < 4.78 is 0. The van der Waals surface area contributed by atoms with E-state index in [2.05, 4.69) is 20.3 Å². The highest BCUT2D eigenvalue weighted by atomic mass is 16.1. The molecular weight excluding hydrogens is 240 g/mol. The second-order valence-electron chi connectivity index (χ2n) is 4.91. The van der Waals surface area contributed by atoms with E-state index < -0.39 is 0 Å². The lowest BCUT2D eigenvalue weighted by Gasteiger charge is -2.06. The quantitative estimate of drug-likeness (QED) is 0.867. The van der Waals surface area contributed by atoms with E-state index in [-0.39, 0.29) is 5.56 Å². The van der Waals surface area contributed by atoms with E-state index in [1.165, 1.54) is 18.9 Å². The first-order valence-electron chi connectivity index (χ1n) is 6.48. The smallest absolute Gasteiger partial charge is 0.251 e. The number of aromatic amines is 1. The monoisotopic (exact) mass is 256 g/mol. The molecule has 1 aliphatic rings. The summed E-state index contributed by atoms with van der Waals surface area (Å²) in [7, 11) is 0. The Hall–Kier alpha value is -2.01. The van der Waals surface area contributed by atoms with Gasteiger partial charge in [-0.25, -0.2) is 4.98 Å². The zero-order valence-electron chi connectivity index (χ0n) is 10.8. The van der Waals surface area contributed by atoms with Crippen molar-refractivity contribution in [1.29, 1.82) is 0 Å². The predicted octanol–water partition coefficient (Wildman–Crippen LogP) is 1.39. The molecule has 0 radical (unpaired) electrons. The third kappa shape index (κ3) is 2.88. The van der Waals surface area contributed by atoms with Crippen molar-refractivity contribution in [3.05, 3.63) is 46.0 Å². The molecule has 0 bridgehead atoms. The van der Waals surface area contributed by atoms with Crippen LogP contribution in [0.4, 0.5) is 0 Å². The Balaban J connectivity index is 1.92. The van der Waals surface area contributed by atoms with Crippen molar-refractivity contribution in [2.75, 3.05) is 0 Å². The topological polar surface area (TPSA) is 70.7 Å². The normalized spacial score (nSPS) is 14.6. The van der Waals surface area contributed by atoms with Gasteiger partial charge in [0.05, 0.1) is 5.69 Å². The minimum absolute atomic E-state index is 0.136. The van der Waals surface area contributed by atoms with E-state index in [4.69, 9.17) is 0 Å². The van der Waals surface area contributed by atoms with Gasteiger partial charge < -0.3 is 10.3 Å². The molecule has 0 amide bonds. The highest BCUT2D eigenvalue weighted by Gasteiger charge is 2.20. The Labute approximate surface area is 111 Å². The van der Waals surface area contributed by atoms with Gasteiger partial charge in [-0.2, -0.15) is 0 Å². The molecule has 2 N–H and O–H groups in total. The summed E-state index contributed by atoms with van der Waals surface area (Å²) in [4.78, 5) is 23.2. The number of nitrogens with zero attached hydrogens (tertiary/aromatic N) is 2. The Bertz CT molecular complexity index is 646. The van der Waals surface area contributed by atoms with E-state index in [1.54, 1.807) is 6.20 Å². The minimum atomic E-state index is -0.136. The third-order valence-electron chi connectivity index (χ3n) is 3.18. The fraction of sp³-hybridized carbons (Fsp3) is 0.357. The molecule has 0 atom stereocenters. The molecule has 2 aromatic heterocycles. The first-order valence-corrected chi connectivity index (χ1v) is 6.48. The Kier molecular flexibility index (Phi) is 3.13. The summed E-state index contributed by atoms with van der Waals surface area (Å²) in [5.74, 6) is 0.540. The second kappa shape index (κ2) is 4.93. The molecule has 3 rings (SSSR count). The molecule has 5 heteroatoms. The van der Waals surface area contributed by atoms with Crippen molar-refractivity contribution < 1.29 is 0 Å². The van der Waals surface area contributed by atoms with Gasteiger partial charge in [-0.15, -0.1) is 0 Å². The van der Waals surface area contributed by atoms with E-state index >= 15 is 0 Å². The van der Waals surface area contributed by atoms with Gasteiger partial charge in [0.25, 0.3) is 5.56 Å². The lowest BCUT2D eigenvalue weighted by atomic mass is 10.2. The van der Waals surface area contributed by atoms with Crippen LogP contribution in [-0.4, -0.2) is 21.0 Å². The third-order valence-corrected chi connectivity index (χ3v) is 3.18. The van der Waals surface area contributed by atoms with Crippen molar-refractivity contribution in [1.82, 2.24) is 20.3 Å². The maximum absolute atomic E-state index is 11.7. The van der Waals surface area contributed by atoms with Crippen LogP contribution in [0.15, 0.2) is 29.2 Å². The average molecular weight is 256 g/mol. The van der Waals surface area contributed by atoms with Crippen LogP contribution >= 0.6 is 0 Å². The fourth-order valence-corrected chi connectivity index (χ4v) is 1.98. The van der Waals surface area contributed by atoms with Crippen LogP contribution < -0.4 is 10.9 Å². The first-order chi connectivity index (χ1) is 9.22. The largest absolute Gasteiger partial charge is 0.308 e. The van der Waals surface area contributed by atoms with Gasteiger partial charge in [0, 0.05) is 24.8 Å². The van der Waals surface area contributed by atoms with Crippen molar-refractivity contribution >= 4 is 0 Å². The van der Waals surface area contributed by atoms with Crippen LogP contribution in [0, 0.1) is 6.92 Å². The maximum atomic E-state index is 11.7. The minimum Gasteiger partial charge on any atom is -0.308 e. The second-order valence-corrected chi connectivity index (χ2v) is 4.91. The standard InChI is InChI=1S/C14H16N4O/c1-9-3-2-6-15-13(9)14-17-11(7-12(19)18-14)8-16-10-4-5-10/h2-3,6-7,10,16H,4-5,8H2,1H3,(H,17,18,19). The van der Waals surface area contributed by atoms with E-state index in [9.17, 15) is 4.79 Å². The molecule has 0 saturated heterocycles. The van der Waals surface area contributed by atoms with Gasteiger partial charge in [0.1, 0.15) is 5.69 Å². The van der Waals surface area contributed by atoms with Gasteiger partial charge in [-0.3, -0.25) is 9.78 Å². The summed E-state index contributed by atoms with van der Waals surface area (Å²) in [6.45, 7) is 2.59. The fourth-order valence-electron chi connectivity index (χ4n) is 1.98. The van der Waals surface area contributed by atoms with Crippen LogP contribution in [0.25, 0.3) is 11.5 Å². The highest BCUT2D eigenvalue weighted by Crippen LogP contribution is 2.19. The molecule has 0 aromatic carbocycles. The molecule has 5 nitrogen and oxygen atoms in total. The van der Waals surface area contributed by atoms with Crippen molar-refractivity contribution in [2.45, 2.75) is 32.4 Å². The number of hydrogen-bond acceptors (Lipinski definition) is 4. The van der Waals surface area contributed by atoms with Crippen LogP contribution in [0.5, 0.6) is 0 Å². The van der Waals surface area contributed by atoms with Gasteiger partial charge in [-0.1, -0.05) is 6.07 Å². The SMILES string of the molecule is Cc1cccnc1-c1nc(CNC2CC2)cc(=O)[nH]1. The summed E-state index contributed by atoms with van der Waals surface area (Å²) in [6.07, 6.45) is 4.14. The number of hydrogen-bond donors (Lipinski definition) is 2. The number of aromatic nitrogens is 3. The Morgan fingerprint density at radius 2 is 2.32 bits per heavy atom. The van der Waals surface area contributed by atoms with E-state index in [1.807, 2.05) is 19.1 Å². The first kappa shape index (κ1) is 12.0. The zero-order valence-corrected chi connectivity index (χ0v) is 10.8. The summed E-state index contributed by atoms with van der Waals surface area (Å²) >= 11 is 0. The van der Waals surface area contributed by atoms with Crippen LogP contribution in [-0.2, 0) is 6.54 Å². The van der Waals surface area contributed by atoms with Crippen molar-refractivity contribution in [2.24, 2.45) is 0 Å². The highest BCUT2D eigenvalue weighted by molar-refractivity contribution is 5.53. The number of aryl methyl sites for hydroxylation is 1. The molecule has 0 aliphatic heterocycles. The van der Waals surface area contributed by atoms with Crippen molar-refractivity contribution in [3.63, 3.8) is 0 Å². The molecule has 1 saturated carbocycles. The summed E-state index contributed by atoms with van der Waals surface area (Å²) in [5.41, 5.74) is 2.35. The molecule has 1 fully saturated rings. The summed E-state index contributed by atoms with van der Waals surface area (Å²) in [5, 5.41) is 3.36. The molecular formula is C14H16N4O. The zero-order chi connectivity index (χ0) is 13.2. The van der Waals surface area contributed by atoms with Crippen LogP contribution in [0.2, 0.25) is 0 Å². The molecule has 1 aliphatic carbocycles. The van der Waals surface area contributed by atoms with Gasteiger partial charge in [-0.05, 0) is 31.4 Å². The molecule has 2 aromatic rings. The molecule has 19 heavy (non-hydrogen) atoms. The number of H-pyrrole nitrogens is 1. The van der Waals surface area contributed by atoms with Gasteiger partial charge in [0.15, 0.2) is 5.82 Å². The van der Waals surface area contributed by atoms with Gasteiger partial charge in [0.2, 0.25) is 0 Å². The maximum Gasteiger partial charge on any atom is 0.251 e. The molecule has 0 unspecified atom stereocenters. The van der Waals surface area contributed by atoms with Crippen LogP contribution in [0.3, 0.4) is 0 Å². The summed E-state index contributed by atoms with van der Waals surface area (Å²) in [6, 6.07) is 5.96.